The summed E-state index contributed by atoms with van der Waals surface area (Å²) in [6.07, 6.45) is 2.36. The number of nitrogens with zero attached hydrogens (tertiary/aromatic N) is 4. The zero-order valence-corrected chi connectivity index (χ0v) is 14.1. The molecular weight excluding hydrogens is 331 g/mol. The van der Waals surface area contributed by atoms with Gasteiger partial charge in [0.1, 0.15) is 11.6 Å². The van der Waals surface area contributed by atoms with Gasteiger partial charge >= 0.3 is 0 Å². The molecular formula is C20H15FN4O. The SMILES string of the molecule is Cc1nc(Cc2ccccc2)ncc1-c1nnc(-c2ccc(F)cc2)o1. The second kappa shape index (κ2) is 6.84. The van der Waals surface area contributed by atoms with Crippen molar-refractivity contribution in [1.82, 2.24) is 20.2 Å². The molecule has 0 saturated carbocycles. The number of hydrogen-bond donors (Lipinski definition) is 0. The molecule has 4 rings (SSSR count). The lowest BCUT2D eigenvalue weighted by Crippen LogP contribution is -2.00. The minimum atomic E-state index is -0.313. The molecule has 0 N–H and O–H groups in total. The maximum atomic E-state index is 13.0. The van der Waals surface area contributed by atoms with E-state index in [4.69, 9.17) is 4.42 Å². The zero-order valence-electron chi connectivity index (χ0n) is 14.1. The molecule has 0 bridgehead atoms. The average Bonchev–Trinajstić information content (AvgIpc) is 3.13. The lowest BCUT2D eigenvalue weighted by Gasteiger charge is -2.04. The van der Waals surface area contributed by atoms with Crippen LogP contribution in [0.15, 0.2) is 65.2 Å². The Morgan fingerprint density at radius 2 is 1.65 bits per heavy atom. The van der Waals surface area contributed by atoms with Crippen molar-refractivity contribution in [2.45, 2.75) is 13.3 Å². The molecule has 0 atom stereocenters. The third-order valence-electron chi connectivity index (χ3n) is 3.98. The van der Waals surface area contributed by atoms with Crippen LogP contribution in [0.2, 0.25) is 0 Å². The predicted molar refractivity (Wildman–Crippen MR) is 94.7 cm³/mol. The van der Waals surface area contributed by atoms with Crippen LogP contribution in [0, 0.1) is 12.7 Å². The van der Waals surface area contributed by atoms with Crippen LogP contribution >= 0.6 is 0 Å². The molecule has 0 unspecified atom stereocenters. The monoisotopic (exact) mass is 346 g/mol. The standard InChI is InChI=1S/C20H15FN4O/c1-13-17(12-22-18(23-13)11-14-5-3-2-4-6-14)20-25-24-19(26-20)15-7-9-16(21)10-8-15/h2-10,12H,11H2,1H3. The van der Waals surface area contributed by atoms with E-state index in [-0.39, 0.29) is 5.82 Å². The van der Waals surface area contributed by atoms with E-state index in [0.717, 1.165) is 17.1 Å². The summed E-state index contributed by atoms with van der Waals surface area (Å²) in [6, 6.07) is 15.9. The number of aromatic nitrogens is 4. The summed E-state index contributed by atoms with van der Waals surface area (Å²) in [6.45, 7) is 1.88. The molecule has 0 radical (unpaired) electrons. The number of hydrogen-bond acceptors (Lipinski definition) is 5. The van der Waals surface area contributed by atoms with E-state index in [9.17, 15) is 4.39 Å². The van der Waals surface area contributed by atoms with E-state index in [1.165, 1.54) is 12.1 Å². The molecule has 0 aliphatic rings. The molecule has 6 heteroatoms. The van der Waals surface area contributed by atoms with Crippen LogP contribution in [0.3, 0.4) is 0 Å². The van der Waals surface area contributed by atoms with Gasteiger partial charge in [0.05, 0.1) is 11.3 Å². The molecule has 0 saturated heterocycles. The Balaban J connectivity index is 1.59. The summed E-state index contributed by atoms with van der Waals surface area (Å²) < 4.78 is 18.7. The van der Waals surface area contributed by atoms with E-state index in [2.05, 4.69) is 20.2 Å². The largest absolute Gasteiger partial charge is 0.416 e. The van der Waals surface area contributed by atoms with E-state index in [1.54, 1.807) is 18.3 Å². The van der Waals surface area contributed by atoms with Crippen LogP contribution in [-0.2, 0) is 6.42 Å². The van der Waals surface area contributed by atoms with Gasteiger partial charge in [-0.3, -0.25) is 0 Å². The zero-order chi connectivity index (χ0) is 17.9. The summed E-state index contributed by atoms with van der Waals surface area (Å²) in [5.41, 5.74) is 3.25. The van der Waals surface area contributed by atoms with Crippen LogP contribution in [-0.4, -0.2) is 20.2 Å². The molecule has 2 aromatic carbocycles. The van der Waals surface area contributed by atoms with E-state index in [0.29, 0.717) is 29.3 Å². The molecule has 0 aliphatic carbocycles. The fourth-order valence-electron chi connectivity index (χ4n) is 2.63. The van der Waals surface area contributed by atoms with Gasteiger partial charge in [-0.05, 0) is 36.8 Å². The van der Waals surface area contributed by atoms with Crippen molar-refractivity contribution >= 4 is 0 Å². The molecule has 5 nitrogen and oxygen atoms in total. The minimum absolute atomic E-state index is 0.313. The molecule has 2 aromatic heterocycles. The number of halogens is 1. The van der Waals surface area contributed by atoms with Crippen molar-refractivity contribution in [3.05, 3.63) is 83.7 Å². The highest BCUT2D eigenvalue weighted by Crippen LogP contribution is 2.25. The molecule has 0 spiro atoms. The minimum Gasteiger partial charge on any atom is -0.416 e. The van der Waals surface area contributed by atoms with Gasteiger partial charge in [-0.25, -0.2) is 14.4 Å². The molecule has 128 valence electrons. The van der Waals surface area contributed by atoms with Crippen molar-refractivity contribution < 1.29 is 8.81 Å². The average molecular weight is 346 g/mol. The predicted octanol–water partition coefficient (Wildman–Crippen LogP) is 4.23. The lowest BCUT2D eigenvalue weighted by molar-refractivity contribution is 0.582. The Kier molecular flexibility index (Phi) is 4.23. The Morgan fingerprint density at radius 1 is 0.923 bits per heavy atom. The van der Waals surface area contributed by atoms with E-state index in [1.807, 2.05) is 37.3 Å². The van der Waals surface area contributed by atoms with Crippen LogP contribution in [0.5, 0.6) is 0 Å². The molecule has 0 aliphatic heterocycles. The Labute approximate surface area is 149 Å². The van der Waals surface area contributed by atoms with Gasteiger partial charge < -0.3 is 4.42 Å². The summed E-state index contributed by atoms with van der Waals surface area (Å²) in [4.78, 5) is 8.97. The van der Waals surface area contributed by atoms with Gasteiger partial charge in [0, 0.05) is 18.2 Å². The van der Waals surface area contributed by atoms with Crippen LogP contribution < -0.4 is 0 Å². The maximum absolute atomic E-state index is 13.0. The Morgan fingerprint density at radius 3 is 2.38 bits per heavy atom. The molecule has 0 fully saturated rings. The van der Waals surface area contributed by atoms with Crippen LogP contribution in [0.1, 0.15) is 17.1 Å². The summed E-state index contributed by atoms with van der Waals surface area (Å²) in [5, 5.41) is 8.10. The van der Waals surface area contributed by atoms with Crippen molar-refractivity contribution in [2.75, 3.05) is 0 Å². The van der Waals surface area contributed by atoms with Crippen molar-refractivity contribution in [3.63, 3.8) is 0 Å². The third-order valence-corrected chi connectivity index (χ3v) is 3.98. The highest BCUT2D eigenvalue weighted by Gasteiger charge is 2.14. The highest BCUT2D eigenvalue weighted by atomic mass is 19.1. The third kappa shape index (κ3) is 3.35. The highest BCUT2D eigenvalue weighted by molar-refractivity contribution is 5.58. The molecule has 0 amide bonds. The first-order chi connectivity index (χ1) is 12.7. The topological polar surface area (TPSA) is 64.7 Å². The number of rotatable bonds is 4. The molecule has 26 heavy (non-hydrogen) atoms. The smallest absolute Gasteiger partial charge is 0.251 e. The Bertz CT molecular complexity index is 1030. The fourth-order valence-corrected chi connectivity index (χ4v) is 2.63. The second-order valence-corrected chi connectivity index (χ2v) is 5.87. The number of benzene rings is 2. The van der Waals surface area contributed by atoms with Crippen LogP contribution in [0.4, 0.5) is 4.39 Å². The van der Waals surface area contributed by atoms with Gasteiger partial charge in [0.15, 0.2) is 0 Å². The fraction of sp³-hybridized carbons (Fsp3) is 0.100. The summed E-state index contributed by atoms with van der Waals surface area (Å²) in [7, 11) is 0. The quantitative estimate of drug-likeness (QED) is 0.553. The first-order valence-corrected chi connectivity index (χ1v) is 8.15. The van der Waals surface area contributed by atoms with Gasteiger partial charge in [-0.2, -0.15) is 0 Å². The van der Waals surface area contributed by atoms with Gasteiger partial charge in [-0.1, -0.05) is 30.3 Å². The first kappa shape index (κ1) is 16.1. The van der Waals surface area contributed by atoms with Crippen molar-refractivity contribution in [3.8, 4) is 22.9 Å². The van der Waals surface area contributed by atoms with E-state index >= 15 is 0 Å². The lowest BCUT2D eigenvalue weighted by atomic mass is 10.1. The number of aryl methyl sites for hydroxylation is 1. The molecule has 2 heterocycles. The summed E-state index contributed by atoms with van der Waals surface area (Å²) >= 11 is 0. The Hall–Kier alpha value is -3.41. The first-order valence-electron chi connectivity index (χ1n) is 8.15. The normalized spacial score (nSPS) is 10.8. The van der Waals surface area contributed by atoms with Gasteiger partial charge in [0.2, 0.25) is 5.89 Å². The van der Waals surface area contributed by atoms with Crippen molar-refractivity contribution in [2.24, 2.45) is 0 Å². The van der Waals surface area contributed by atoms with E-state index < -0.39 is 0 Å². The summed E-state index contributed by atoms with van der Waals surface area (Å²) in [5.74, 6) is 1.09. The van der Waals surface area contributed by atoms with Gasteiger partial charge in [-0.15, -0.1) is 10.2 Å². The molecule has 4 aromatic rings. The van der Waals surface area contributed by atoms with Crippen molar-refractivity contribution in [1.29, 1.82) is 0 Å². The maximum Gasteiger partial charge on any atom is 0.251 e. The second-order valence-electron chi connectivity index (χ2n) is 5.87. The van der Waals surface area contributed by atoms with Crippen LogP contribution in [0.25, 0.3) is 22.9 Å². The van der Waals surface area contributed by atoms with Gasteiger partial charge in [0.25, 0.3) is 5.89 Å².